The van der Waals surface area contributed by atoms with E-state index in [0.29, 0.717) is 6.54 Å². The number of hydrogen-bond donors (Lipinski definition) is 2. The first-order chi connectivity index (χ1) is 8.63. The Morgan fingerprint density at radius 1 is 1.42 bits per heavy atom. The molecule has 19 heavy (non-hydrogen) atoms. The molecule has 1 aliphatic carbocycles. The normalized spacial score (nSPS) is 22.1. The van der Waals surface area contributed by atoms with Crippen LogP contribution >= 0.6 is 0 Å². The molecule has 0 aliphatic heterocycles. The lowest BCUT2D eigenvalue weighted by atomic mass is 9.87. The van der Waals surface area contributed by atoms with E-state index in [4.69, 9.17) is 0 Å². The van der Waals surface area contributed by atoms with Crippen LogP contribution in [0.4, 0.5) is 4.79 Å². The number of carboxylic acid groups (broad SMARTS) is 1. The van der Waals surface area contributed by atoms with Crippen LogP contribution < -0.4 is 5.32 Å². The van der Waals surface area contributed by atoms with Crippen LogP contribution in [0.15, 0.2) is 0 Å². The zero-order valence-electron chi connectivity index (χ0n) is 12.6. The smallest absolute Gasteiger partial charge is 0.329 e. The number of likely N-dealkylation sites (N-methyl/N-ethyl adjacent to an activating group) is 1. The van der Waals surface area contributed by atoms with Gasteiger partial charge in [-0.05, 0) is 39.0 Å². The molecular weight excluding hydrogens is 244 g/mol. The quantitative estimate of drug-likeness (QED) is 0.824. The maximum atomic E-state index is 12.3. The first-order valence-electron chi connectivity index (χ1n) is 6.94. The third kappa shape index (κ3) is 3.19. The molecule has 0 radical (unpaired) electrons. The van der Waals surface area contributed by atoms with Crippen molar-refractivity contribution in [2.75, 3.05) is 6.54 Å². The Bertz CT molecular complexity index is 364. The summed E-state index contributed by atoms with van der Waals surface area (Å²) in [5.41, 5.74) is -1.11. The minimum Gasteiger partial charge on any atom is -0.480 e. The standard InChI is InChI=1S/C14H26N2O3/c1-6-16(14(4,5)11(17)18)12(19)15-10-8-7-9-13(10,2)3/h10H,6-9H2,1-5H3,(H,15,19)(H,17,18). The van der Waals surface area contributed by atoms with Crippen molar-refractivity contribution in [1.29, 1.82) is 0 Å². The Hall–Kier alpha value is -1.26. The van der Waals surface area contributed by atoms with Gasteiger partial charge in [-0.15, -0.1) is 0 Å². The van der Waals surface area contributed by atoms with Gasteiger partial charge in [-0.2, -0.15) is 0 Å². The van der Waals surface area contributed by atoms with Crippen LogP contribution in [-0.2, 0) is 4.79 Å². The Kier molecular flexibility index (Phi) is 4.48. The molecule has 1 saturated carbocycles. The number of urea groups is 1. The van der Waals surface area contributed by atoms with E-state index in [1.807, 2.05) is 0 Å². The molecule has 5 heteroatoms. The molecule has 0 aromatic carbocycles. The van der Waals surface area contributed by atoms with Gasteiger partial charge in [0, 0.05) is 12.6 Å². The van der Waals surface area contributed by atoms with E-state index in [9.17, 15) is 14.7 Å². The molecular formula is C14H26N2O3. The second kappa shape index (κ2) is 5.39. The van der Waals surface area contributed by atoms with E-state index < -0.39 is 11.5 Å². The number of carbonyl (C=O) groups excluding carboxylic acids is 1. The molecule has 2 N–H and O–H groups in total. The number of nitrogens with zero attached hydrogens (tertiary/aromatic N) is 1. The van der Waals surface area contributed by atoms with Crippen molar-refractivity contribution in [3.8, 4) is 0 Å². The van der Waals surface area contributed by atoms with Crippen LogP contribution in [0.25, 0.3) is 0 Å². The summed E-state index contributed by atoms with van der Waals surface area (Å²) in [5.74, 6) is -0.991. The van der Waals surface area contributed by atoms with E-state index in [0.717, 1.165) is 19.3 Å². The van der Waals surface area contributed by atoms with E-state index >= 15 is 0 Å². The number of aliphatic carboxylic acids is 1. The lowest BCUT2D eigenvalue weighted by Crippen LogP contribution is -2.58. The summed E-state index contributed by atoms with van der Waals surface area (Å²) in [7, 11) is 0. The van der Waals surface area contributed by atoms with Crippen molar-refractivity contribution in [3.63, 3.8) is 0 Å². The van der Waals surface area contributed by atoms with Gasteiger partial charge in [0.2, 0.25) is 0 Å². The molecule has 1 atom stereocenters. The number of hydrogen-bond acceptors (Lipinski definition) is 2. The van der Waals surface area contributed by atoms with E-state index in [1.54, 1.807) is 20.8 Å². The molecule has 2 amide bonds. The number of rotatable bonds is 4. The zero-order valence-corrected chi connectivity index (χ0v) is 12.6. The number of carboxylic acids is 1. The summed E-state index contributed by atoms with van der Waals surface area (Å²) in [5, 5.41) is 12.2. The summed E-state index contributed by atoms with van der Waals surface area (Å²) < 4.78 is 0. The minimum atomic E-state index is -1.19. The summed E-state index contributed by atoms with van der Waals surface area (Å²) in [6, 6.07) is -0.159. The molecule has 1 fully saturated rings. The number of nitrogens with one attached hydrogen (secondary N) is 1. The Labute approximate surface area is 115 Å². The third-order valence-corrected chi connectivity index (χ3v) is 4.31. The van der Waals surface area contributed by atoms with Crippen molar-refractivity contribution in [2.45, 2.75) is 65.5 Å². The number of amides is 2. The lowest BCUT2D eigenvalue weighted by molar-refractivity contribution is -0.147. The average Bonchev–Trinajstić information content (AvgIpc) is 2.58. The van der Waals surface area contributed by atoms with Crippen molar-refractivity contribution >= 4 is 12.0 Å². The average molecular weight is 270 g/mol. The first kappa shape index (κ1) is 15.8. The summed E-state index contributed by atoms with van der Waals surface area (Å²) in [6.07, 6.45) is 3.16. The molecule has 110 valence electrons. The van der Waals surface area contributed by atoms with Gasteiger partial charge in [0.05, 0.1) is 0 Å². The first-order valence-corrected chi connectivity index (χ1v) is 6.94. The van der Waals surface area contributed by atoms with Crippen LogP contribution in [-0.4, -0.2) is 40.1 Å². The molecule has 1 aliphatic rings. The van der Waals surface area contributed by atoms with Gasteiger partial charge in [0.15, 0.2) is 0 Å². The molecule has 0 aromatic heterocycles. The molecule has 0 aromatic rings. The monoisotopic (exact) mass is 270 g/mol. The second-order valence-electron chi connectivity index (χ2n) is 6.49. The van der Waals surface area contributed by atoms with Gasteiger partial charge in [-0.3, -0.25) is 0 Å². The van der Waals surface area contributed by atoms with E-state index in [2.05, 4.69) is 19.2 Å². The Morgan fingerprint density at radius 3 is 2.37 bits per heavy atom. The second-order valence-corrected chi connectivity index (χ2v) is 6.49. The molecule has 0 heterocycles. The largest absolute Gasteiger partial charge is 0.480 e. The maximum Gasteiger partial charge on any atom is 0.329 e. The topological polar surface area (TPSA) is 69.6 Å². The minimum absolute atomic E-state index is 0.0858. The third-order valence-electron chi connectivity index (χ3n) is 4.31. The highest BCUT2D eigenvalue weighted by Gasteiger charge is 2.40. The SMILES string of the molecule is CCN(C(=O)NC1CCCC1(C)C)C(C)(C)C(=O)O. The van der Waals surface area contributed by atoms with E-state index in [-0.39, 0.29) is 17.5 Å². The van der Waals surface area contributed by atoms with Crippen molar-refractivity contribution in [3.05, 3.63) is 0 Å². The lowest BCUT2D eigenvalue weighted by Gasteiger charge is -2.37. The van der Waals surface area contributed by atoms with Crippen LogP contribution in [0, 0.1) is 5.41 Å². The summed E-state index contributed by atoms with van der Waals surface area (Å²) >= 11 is 0. The molecule has 1 rings (SSSR count). The highest BCUT2D eigenvalue weighted by molar-refractivity contribution is 5.85. The van der Waals surface area contributed by atoms with Crippen LogP contribution in [0.1, 0.15) is 53.9 Å². The number of carbonyl (C=O) groups is 2. The molecule has 0 saturated heterocycles. The fourth-order valence-corrected chi connectivity index (χ4v) is 2.73. The Balaban J connectivity index is 2.78. The fraction of sp³-hybridized carbons (Fsp3) is 0.857. The fourth-order valence-electron chi connectivity index (χ4n) is 2.73. The van der Waals surface area contributed by atoms with Gasteiger partial charge in [0.1, 0.15) is 5.54 Å². The van der Waals surface area contributed by atoms with Crippen LogP contribution in [0.3, 0.4) is 0 Å². The van der Waals surface area contributed by atoms with Crippen molar-refractivity contribution < 1.29 is 14.7 Å². The Morgan fingerprint density at radius 2 is 2.00 bits per heavy atom. The van der Waals surface area contributed by atoms with Gasteiger partial charge in [-0.25, -0.2) is 9.59 Å². The van der Waals surface area contributed by atoms with Crippen LogP contribution in [0.2, 0.25) is 0 Å². The summed E-state index contributed by atoms with van der Waals surface area (Å²) in [4.78, 5) is 25.0. The molecule has 1 unspecified atom stereocenters. The highest BCUT2D eigenvalue weighted by Crippen LogP contribution is 2.37. The van der Waals surface area contributed by atoms with Crippen molar-refractivity contribution in [2.24, 2.45) is 5.41 Å². The molecule has 5 nitrogen and oxygen atoms in total. The summed E-state index contributed by atoms with van der Waals surface area (Å²) in [6.45, 7) is 9.56. The molecule has 0 bridgehead atoms. The van der Waals surface area contributed by atoms with Gasteiger partial charge in [0.25, 0.3) is 0 Å². The highest BCUT2D eigenvalue weighted by atomic mass is 16.4. The predicted molar refractivity (Wildman–Crippen MR) is 74.0 cm³/mol. The van der Waals surface area contributed by atoms with Gasteiger partial charge >= 0.3 is 12.0 Å². The maximum absolute atomic E-state index is 12.3. The molecule has 0 spiro atoms. The van der Waals surface area contributed by atoms with Gasteiger partial charge < -0.3 is 15.3 Å². The predicted octanol–water partition coefficient (Wildman–Crippen LogP) is 2.46. The zero-order chi connectivity index (χ0) is 14.8. The van der Waals surface area contributed by atoms with Gasteiger partial charge in [-0.1, -0.05) is 20.3 Å². The van der Waals surface area contributed by atoms with Crippen LogP contribution in [0.5, 0.6) is 0 Å². The van der Waals surface area contributed by atoms with E-state index in [1.165, 1.54) is 4.90 Å². The van der Waals surface area contributed by atoms with Crippen molar-refractivity contribution in [1.82, 2.24) is 10.2 Å².